The van der Waals surface area contributed by atoms with Gasteiger partial charge in [-0.2, -0.15) is 0 Å². The molecule has 3 atom stereocenters. The molecule has 1 saturated carbocycles. The van der Waals surface area contributed by atoms with Crippen LogP contribution in [0.5, 0.6) is 0 Å². The van der Waals surface area contributed by atoms with Crippen LogP contribution in [-0.2, 0) is 0 Å². The molecule has 172 valence electrons. The number of hydrogen-bond donors (Lipinski definition) is 2. The summed E-state index contributed by atoms with van der Waals surface area (Å²) in [7, 11) is 0. The lowest BCUT2D eigenvalue weighted by Crippen LogP contribution is -2.68. The van der Waals surface area contributed by atoms with E-state index in [0.29, 0.717) is 24.7 Å². The van der Waals surface area contributed by atoms with Gasteiger partial charge in [0.2, 0.25) is 0 Å². The van der Waals surface area contributed by atoms with Crippen LogP contribution in [0.25, 0.3) is 0 Å². The molecule has 3 aliphatic rings. The summed E-state index contributed by atoms with van der Waals surface area (Å²) in [4.78, 5) is 17.2. The number of fused-ring (bicyclic) bond motifs is 1. The van der Waals surface area contributed by atoms with Gasteiger partial charge < -0.3 is 15.3 Å². The second-order valence-electron chi connectivity index (χ2n) is 9.34. The number of hydrogen-bond acceptors (Lipinski definition) is 3. The van der Waals surface area contributed by atoms with E-state index >= 15 is 0 Å². The quantitative estimate of drug-likeness (QED) is 0.699. The lowest BCUT2D eigenvalue weighted by molar-refractivity contribution is -0.0585. The van der Waals surface area contributed by atoms with Crippen molar-refractivity contribution in [3.8, 4) is 11.8 Å². The predicted molar refractivity (Wildman–Crippen MR) is 126 cm³/mol. The Hall–Kier alpha value is -2.88. The fraction of sp³-hybridized carbons (Fsp3) is 0.444. The van der Waals surface area contributed by atoms with Gasteiger partial charge in [-0.3, -0.25) is 4.90 Å². The zero-order valence-corrected chi connectivity index (χ0v) is 18.7. The number of carbonyl (C=O) groups is 1. The van der Waals surface area contributed by atoms with Crippen molar-refractivity contribution in [3.63, 3.8) is 0 Å². The van der Waals surface area contributed by atoms with E-state index < -0.39 is 0 Å². The van der Waals surface area contributed by atoms with Gasteiger partial charge >= 0.3 is 6.03 Å². The number of carbonyl (C=O) groups excluding carboxylic acids is 1. The van der Waals surface area contributed by atoms with Crippen molar-refractivity contribution in [2.24, 2.45) is 5.92 Å². The molecule has 6 heteroatoms. The van der Waals surface area contributed by atoms with E-state index in [0.717, 1.165) is 24.9 Å². The maximum Gasteiger partial charge on any atom is 0.321 e. The van der Waals surface area contributed by atoms with Crippen molar-refractivity contribution in [3.05, 3.63) is 65.5 Å². The number of nitrogens with zero attached hydrogens (tertiary/aromatic N) is 2. The average Bonchev–Trinajstić information content (AvgIpc) is 3.63. The molecule has 2 aromatic carbocycles. The molecular weight excluding hydrogens is 417 g/mol. The number of amides is 2. The summed E-state index contributed by atoms with van der Waals surface area (Å²) < 4.78 is 13.2. The minimum atomic E-state index is -0.327. The smallest absolute Gasteiger partial charge is 0.321 e. The summed E-state index contributed by atoms with van der Waals surface area (Å²) >= 11 is 0. The van der Waals surface area contributed by atoms with Crippen molar-refractivity contribution in [1.82, 2.24) is 9.80 Å². The van der Waals surface area contributed by atoms with Crippen LogP contribution in [0, 0.1) is 23.6 Å². The van der Waals surface area contributed by atoms with Crippen molar-refractivity contribution in [2.45, 2.75) is 43.7 Å². The van der Waals surface area contributed by atoms with E-state index in [1.807, 2.05) is 4.90 Å². The van der Waals surface area contributed by atoms with E-state index in [1.165, 1.54) is 30.5 Å². The molecule has 5 nitrogen and oxygen atoms in total. The summed E-state index contributed by atoms with van der Waals surface area (Å²) in [5.41, 5.74) is 2.80. The lowest BCUT2D eigenvalue weighted by atomic mass is 9.74. The number of halogens is 1. The van der Waals surface area contributed by atoms with Gasteiger partial charge in [0.05, 0.1) is 6.61 Å². The third-order valence-corrected chi connectivity index (χ3v) is 7.05. The van der Waals surface area contributed by atoms with Crippen molar-refractivity contribution in [1.29, 1.82) is 0 Å². The molecule has 2 N–H and O–H groups in total. The van der Waals surface area contributed by atoms with Crippen LogP contribution >= 0.6 is 0 Å². The molecule has 0 unspecified atom stereocenters. The zero-order chi connectivity index (χ0) is 22.8. The van der Waals surface area contributed by atoms with Crippen molar-refractivity contribution < 1.29 is 14.3 Å². The number of nitrogens with one attached hydrogen (secondary N) is 1. The van der Waals surface area contributed by atoms with E-state index in [4.69, 9.17) is 0 Å². The van der Waals surface area contributed by atoms with Gasteiger partial charge in [0.25, 0.3) is 0 Å². The Bertz CT molecular complexity index is 1040. The fourth-order valence-corrected chi connectivity index (χ4v) is 5.06. The summed E-state index contributed by atoms with van der Waals surface area (Å²) in [5.74, 6) is 6.98. The number of rotatable bonds is 3. The maximum absolute atomic E-state index is 13.2. The highest BCUT2D eigenvalue weighted by atomic mass is 19.1. The number of benzene rings is 2. The number of anilines is 1. The molecule has 3 fully saturated rings. The predicted octanol–water partition coefficient (Wildman–Crippen LogP) is 4.04. The molecule has 2 amide bonds. The Morgan fingerprint density at radius 3 is 2.48 bits per heavy atom. The summed E-state index contributed by atoms with van der Waals surface area (Å²) in [6.07, 6.45) is 4.33. The highest BCUT2D eigenvalue weighted by Crippen LogP contribution is 2.42. The first-order chi connectivity index (χ1) is 16.1. The molecule has 1 aliphatic carbocycles. The Labute approximate surface area is 194 Å². The topological polar surface area (TPSA) is 55.8 Å². The first-order valence-corrected chi connectivity index (χ1v) is 11.9. The first kappa shape index (κ1) is 21.9. The largest absolute Gasteiger partial charge is 0.395 e. The van der Waals surface area contributed by atoms with Crippen LogP contribution in [0.4, 0.5) is 14.9 Å². The van der Waals surface area contributed by atoms with E-state index in [1.54, 1.807) is 12.1 Å². The Morgan fingerprint density at radius 2 is 1.79 bits per heavy atom. The second-order valence-corrected chi connectivity index (χ2v) is 9.34. The first-order valence-electron chi connectivity index (χ1n) is 11.9. The fourth-order valence-electron chi connectivity index (χ4n) is 5.06. The van der Waals surface area contributed by atoms with Crippen LogP contribution < -0.4 is 5.32 Å². The van der Waals surface area contributed by atoms with Crippen molar-refractivity contribution in [2.75, 3.05) is 31.6 Å². The van der Waals surface area contributed by atoms with Crippen LogP contribution in [-0.4, -0.2) is 59.3 Å². The molecule has 0 bridgehead atoms. The molecule has 5 rings (SSSR count). The highest BCUT2D eigenvalue weighted by molar-refractivity contribution is 5.89. The molecule has 0 radical (unpaired) electrons. The number of aliphatic hydroxyl groups is 1. The van der Waals surface area contributed by atoms with Gasteiger partial charge in [0.1, 0.15) is 5.82 Å². The van der Waals surface area contributed by atoms with Gasteiger partial charge in [0.15, 0.2) is 0 Å². The molecule has 2 aromatic rings. The molecule has 2 heterocycles. The van der Waals surface area contributed by atoms with E-state index in [-0.39, 0.29) is 36.5 Å². The monoisotopic (exact) mass is 447 g/mol. The Balaban J connectivity index is 1.31. The van der Waals surface area contributed by atoms with Crippen LogP contribution in [0.15, 0.2) is 48.5 Å². The minimum Gasteiger partial charge on any atom is -0.395 e. The molecule has 2 aliphatic heterocycles. The second kappa shape index (κ2) is 9.54. The normalized spacial score (nSPS) is 25.0. The van der Waals surface area contributed by atoms with Crippen LogP contribution in [0.2, 0.25) is 0 Å². The zero-order valence-electron chi connectivity index (χ0n) is 18.7. The van der Waals surface area contributed by atoms with Gasteiger partial charge in [-0.05, 0) is 74.2 Å². The van der Waals surface area contributed by atoms with Crippen LogP contribution in [0.1, 0.15) is 42.7 Å². The summed E-state index contributed by atoms with van der Waals surface area (Å²) in [5, 5.41) is 13.0. The third-order valence-electron chi connectivity index (χ3n) is 7.05. The van der Waals surface area contributed by atoms with E-state index in [2.05, 4.69) is 46.3 Å². The third kappa shape index (κ3) is 4.90. The number of aliphatic hydroxyl groups excluding tert-OH is 1. The van der Waals surface area contributed by atoms with Crippen molar-refractivity contribution >= 4 is 11.7 Å². The van der Waals surface area contributed by atoms with Gasteiger partial charge in [-0.15, -0.1) is 0 Å². The van der Waals surface area contributed by atoms with Gasteiger partial charge in [0, 0.05) is 48.3 Å². The molecular formula is C27H30FN3O2. The maximum atomic E-state index is 13.2. The molecule has 0 spiro atoms. The summed E-state index contributed by atoms with van der Waals surface area (Å²) in [6.45, 7) is 2.32. The highest BCUT2D eigenvalue weighted by Gasteiger charge is 2.49. The number of urea groups is 1. The SMILES string of the molecule is O=C(Nc1ccc(F)cc1)N1CCCCN2[C@@H](CO)[C@H](c3ccc(C#CC4CC4)cc3)[C@@H]2C1. The summed E-state index contributed by atoms with van der Waals surface area (Å²) in [6, 6.07) is 14.3. The van der Waals surface area contributed by atoms with Gasteiger partial charge in [-0.25, -0.2) is 9.18 Å². The van der Waals surface area contributed by atoms with Crippen LogP contribution in [0.3, 0.4) is 0 Å². The molecule has 0 aromatic heterocycles. The molecule has 2 saturated heterocycles. The lowest BCUT2D eigenvalue weighted by Gasteiger charge is -2.57. The van der Waals surface area contributed by atoms with E-state index in [9.17, 15) is 14.3 Å². The standard InChI is InChI=1S/C27H30FN3O2/c28-22-11-13-23(14-12-22)29-27(33)30-15-1-2-16-31-24(17-30)26(25(31)18-32)21-9-7-20(8-10-21)6-5-19-3-4-19/h7-14,19,24-26,32H,1-4,15-18H2,(H,29,33)/t24-,25-,26+/m0/s1. The molecule has 33 heavy (non-hydrogen) atoms. The minimum absolute atomic E-state index is 0.0681. The Kier molecular flexibility index (Phi) is 6.34. The Morgan fingerprint density at radius 1 is 1.06 bits per heavy atom. The average molecular weight is 448 g/mol. The van der Waals surface area contributed by atoms with Gasteiger partial charge in [-0.1, -0.05) is 24.0 Å².